The van der Waals surface area contributed by atoms with Crippen LogP contribution in [0.25, 0.3) is 16.7 Å². The Bertz CT molecular complexity index is 1420. The highest BCUT2D eigenvalue weighted by Crippen LogP contribution is 2.26. The third-order valence-electron chi connectivity index (χ3n) is 6.63. The minimum Gasteiger partial charge on any atom is -0.474 e. The fourth-order valence-corrected chi connectivity index (χ4v) is 4.58. The first-order chi connectivity index (χ1) is 16.7. The molecule has 1 aromatic carbocycles. The maximum Gasteiger partial charge on any atom is 0.278 e. The van der Waals surface area contributed by atoms with Crippen molar-refractivity contribution in [1.82, 2.24) is 29.6 Å². The van der Waals surface area contributed by atoms with Crippen molar-refractivity contribution in [3.63, 3.8) is 0 Å². The summed E-state index contributed by atoms with van der Waals surface area (Å²) in [6, 6.07) is 10.1. The third kappa shape index (κ3) is 3.71. The molecule has 0 saturated heterocycles. The Labute approximate surface area is 196 Å². The average Bonchev–Trinajstić information content (AvgIpc) is 3.12. The molecule has 1 aliphatic heterocycles. The third-order valence-corrected chi connectivity index (χ3v) is 6.63. The molecule has 3 aromatic heterocycles. The fraction of sp³-hybridized carbons (Fsp3) is 0.360. The average molecular weight is 458 g/mol. The van der Waals surface area contributed by atoms with E-state index in [9.17, 15) is 4.79 Å². The smallest absolute Gasteiger partial charge is 0.278 e. The lowest BCUT2D eigenvalue weighted by atomic mass is 9.96. The molecule has 0 bridgehead atoms. The summed E-state index contributed by atoms with van der Waals surface area (Å²) in [7, 11) is 0. The van der Waals surface area contributed by atoms with E-state index < -0.39 is 0 Å². The summed E-state index contributed by atoms with van der Waals surface area (Å²) >= 11 is 0. The monoisotopic (exact) mass is 457 g/mol. The van der Waals surface area contributed by atoms with Crippen LogP contribution in [-0.4, -0.2) is 37.0 Å². The molecule has 9 heteroatoms. The van der Waals surface area contributed by atoms with Crippen molar-refractivity contribution < 1.29 is 4.74 Å². The van der Waals surface area contributed by atoms with E-state index in [1.165, 1.54) is 17.5 Å². The molecule has 2 N–H and O–H groups in total. The first-order valence-electron chi connectivity index (χ1n) is 11.9. The molecule has 0 spiro atoms. The van der Waals surface area contributed by atoms with Gasteiger partial charge in [-0.05, 0) is 68.5 Å². The molecule has 0 unspecified atom stereocenters. The van der Waals surface area contributed by atoms with Crippen LogP contribution in [0.5, 0.6) is 5.88 Å². The second-order valence-electron chi connectivity index (χ2n) is 8.82. The molecule has 174 valence electrons. The molecule has 1 saturated carbocycles. The van der Waals surface area contributed by atoms with E-state index in [0.717, 1.165) is 43.7 Å². The van der Waals surface area contributed by atoms with Crippen molar-refractivity contribution in [1.29, 1.82) is 0 Å². The zero-order valence-electron chi connectivity index (χ0n) is 19.1. The molecule has 0 radical (unpaired) electrons. The number of hydrogen-bond acceptors (Lipinski definition) is 7. The number of benzene rings is 1. The van der Waals surface area contributed by atoms with Crippen LogP contribution in [0.2, 0.25) is 0 Å². The first kappa shape index (κ1) is 20.9. The first-order valence-corrected chi connectivity index (χ1v) is 11.9. The molecule has 4 heterocycles. The highest BCUT2D eigenvalue weighted by molar-refractivity contribution is 5.77. The van der Waals surface area contributed by atoms with Crippen molar-refractivity contribution in [3.05, 3.63) is 64.2 Å². The Kier molecular flexibility index (Phi) is 5.26. The van der Waals surface area contributed by atoms with Crippen molar-refractivity contribution in [2.24, 2.45) is 0 Å². The molecular weight excluding hydrogens is 430 g/mol. The number of aromatic nitrogens is 5. The van der Waals surface area contributed by atoms with Crippen molar-refractivity contribution >= 4 is 22.7 Å². The summed E-state index contributed by atoms with van der Waals surface area (Å²) in [5.41, 5.74) is 4.77. The van der Waals surface area contributed by atoms with Crippen LogP contribution < -0.4 is 20.9 Å². The van der Waals surface area contributed by atoms with Gasteiger partial charge in [0.05, 0.1) is 5.69 Å². The molecule has 0 atom stereocenters. The second-order valence-corrected chi connectivity index (χ2v) is 8.82. The van der Waals surface area contributed by atoms with Crippen LogP contribution in [0.4, 0.5) is 11.6 Å². The Morgan fingerprint density at radius 3 is 2.91 bits per heavy atom. The highest BCUT2D eigenvalue weighted by atomic mass is 16.5. The van der Waals surface area contributed by atoms with Crippen LogP contribution in [0.3, 0.4) is 0 Å². The molecular formula is C25H27N7O2. The number of nitrogens with zero attached hydrogens (tertiary/aromatic N) is 5. The predicted molar refractivity (Wildman–Crippen MR) is 130 cm³/mol. The number of pyridine rings is 1. The maximum absolute atomic E-state index is 13.1. The van der Waals surface area contributed by atoms with E-state index in [2.05, 4.69) is 38.8 Å². The van der Waals surface area contributed by atoms with Crippen LogP contribution in [0.1, 0.15) is 37.3 Å². The molecule has 4 aromatic rings. The van der Waals surface area contributed by atoms with Gasteiger partial charge >= 0.3 is 0 Å². The summed E-state index contributed by atoms with van der Waals surface area (Å²) in [6.07, 6.45) is 7.87. The standard InChI is InChI=1S/C25H27N7O2/c1-2-31-24(33)21-15-28-25(29-18-7-6-16-8-10-26-14-17(16)12-18)30-23(21)32(31)19-9-11-27-22(13-19)34-20-4-3-5-20/h6-7,9,11-13,15,20,26H,2-5,8,10,14H2,1H3,(H,28,29,30). The summed E-state index contributed by atoms with van der Waals surface area (Å²) in [4.78, 5) is 26.6. The molecule has 2 aliphatic rings. The lowest BCUT2D eigenvalue weighted by Crippen LogP contribution is -2.25. The quantitative estimate of drug-likeness (QED) is 0.458. The molecule has 1 fully saturated rings. The Hall–Kier alpha value is -3.72. The Morgan fingerprint density at radius 2 is 2.09 bits per heavy atom. The van der Waals surface area contributed by atoms with E-state index in [0.29, 0.717) is 29.4 Å². The fourth-order valence-electron chi connectivity index (χ4n) is 4.58. The molecule has 34 heavy (non-hydrogen) atoms. The van der Waals surface area contributed by atoms with E-state index in [-0.39, 0.29) is 11.7 Å². The van der Waals surface area contributed by atoms with Gasteiger partial charge in [0.15, 0.2) is 5.65 Å². The van der Waals surface area contributed by atoms with E-state index in [4.69, 9.17) is 9.72 Å². The molecule has 6 rings (SSSR count). The Balaban J connectivity index is 1.39. The van der Waals surface area contributed by atoms with Gasteiger partial charge < -0.3 is 15.4 Å². The summed E-state index contributed by atoms with van der Waals surface area (Å²) < 4.78 is 9.48. The minimum atomic E-state index is -0.123. The van der Waals surface area contributed by atoms with Crippen LogP contribution >= 0.6 is 0 Å². The van der Waals surface area contributed by atoms with Gasteiger partial charge in [-0.15, -0.1) is 0 Å². The molecule has 9 nitrogen and oxygen atoms in total. The lowest BCUT2D eigenvalue weighted by Gasteiger charge is -2.25. The predicted octanol–water partition coefficient (Wildman–Crippen LogP) is 3.32. The van der Waals surface area contributed by atoms with Gasteiger partial charge in [-0.3, -0.25) is 4.79 Å². The van der Waals surface area contributed by atoms with E-state index in [1.807, 2.05) is 23.7 Å². The SMILES string of the molecule is CCn1c(=O)c2cnc(Nc3ccc4c(c3)CNCC4)nc2n1-c1ccnc(OC2CCC2)c1. The lowest BCUT2D eigenvalue weighted by molar-refractivity contribution is 0.114. The van der Waals surface area contributed by atoms with Crippen LogP contribution in [0, 0.1) is 0 Å². The van der Waals surface area contributed by atoms with Gasteiger partial charge in [0.2, 0.25) is 11.8 Å². The van der Waals surface area contributed by atoms with Gasteiger partial charge in [0.25, 0.3) is 5.56 Å². The zero-order valence-corrected chi connectivity index (χ0v) is 19.1. The largest absolute Gasteiger partial charge is 0.474 e. The highest BCUT2D eigenvalue weighted by Gasteiger charge is 2.21. The number of hydrogen-bond donors (Lipinski definition) is 2. The van der Waals surface area contributed by atoms with Gasteiger partial charge in [-0.25, -0.2) is 19.3 Å². The number of nitrogens with one attached hydrogen (secondary N) is 2. The number of anilines is 2. The number of ether oxygens (including phenoxy) is 1. The van der Waals surface area contributed by atoms with Gasteiger partial charge in [0.1, 0.15) is 11.5 Å². The van der Waals surface area contributed by atoms with Crippen LogP contribution in [0.15, 0.2) is 47.5 Å². The van der Waals surface area contributed by atoms with Crippen molar-refractivity contribution in [2.45, 2.75) is 51.8 Å². The van der Waals surface area contributed by atoms with Crippen LogP contribution in [-0.2, 0) is 19.5 Å². The van der Waals surface area contributed by atoms with Gasteiger partial charge in [0, 0.05) is 37.2 Å². The number of fused-ring (bicyclic) bond motifs is 2. The van der Waals surface area contributed by atoms with Crippen molar-refractivity contribution in [2.75, 3.05) is 11.9 Å². The summed E-state index contributed by atoms with van der Waals surface area (Å²) in [5.74, 6) is 1.01. The summed E-state index contributed by atoms with van der Waals surface area (Å²) in [6.45, 7) is 4.30. The topological polar surface area (TPSA) is 98.9 Å². The Morgan fingerprint density at radius 1 is 1.18 bits per heavy atom. The van der Waals surface area contributed by atoms with E-state index in [1.54, 1.807) is 17.1 Å². The maximum atomic E-state index is 13.1. The molecule has 0 amide bonds. The molecule has 1 aliphatic carbocycles. The zero-order chi connectivity index (χ0) is 23.1. The van der Waals surface area contributed by atoms with Gasteiger partial charge in [-0.2, -0.15) is 4.98 Å². The van der Waals surface area contributed by atoms with E-state index >= 15 is 0 Å². The second kappa shape index (κ2) is 8.57. The van der Waals surface area contributed by atoms with Gasteiger partial charge in [-0.1, -0.05) is 6.07 Å². The minimum absolute atomic E-state index is 0.123. The summed E-state index contributed by atoms with van der Waals surface area (Å²) in [5, 5.41) is 7.19. The number of rotatable bonds is 6. The van der Waals surface area contributed by atoms with Crippen molar-refractivity contribution in [3.8, 4) is 11.6 Å². The normalized spacial score (nSPS) is 15.7.